The van der Waals surface area contributed by atoms with Crippen molar-refractivity contribution in [2.24, 2.45) is 0 Å². The number of fused-ring (bicyclic) bond motifs is 2. The van der Waals surface area contributed by atoms with Crippen molar-refractivity contribution >= 4 is 33.7 Å². The zero-order chi connectivity index (χ0) is 25.5. The molecule has 0 aliphatic heterocycles. The van der Waals surface area contributed by atoms with Crippen LogP contribution in [0.25, 0.3) is 55.7 Å². The lowest BCUT2D eigenvalue weighted by Crippen LogP contribution is -2.09. The van der Waals surface area contributed by atoms with Crippen LogP contribution in [0, 0.1) is 12.7 Å². The number of benzene rings is 1. The van der Waals surface area contributed by atoms with Crippen LogP contribution in [0.4, 0.5) is 10.1 Å². The summed E-state index contributed by atoms with van der Waals surface area (Å²) in [5.74, 6) is -0.355. The minimum Gasteiger partial charge on any atom is -0.338 e. The lowest BCUT2D eigenvalue weighted by Gasteiger charge is -2.06. The third-order valence-electron chi connectivity index (χ3n) is 6.24. The van der Waals surface area contributed by atoms with E-state index in [0.717, 1.165) is 50.0 Å². The number of carbonyl (C=O) groups excluding carboxylic acids is 1. The van der Waals surface area contributed by atoms with Crippen LogP contribution in [0.15, 0.2) is 67.3 Å². The van der Waals surface area contributed by atoms with Gasteiger partial charge in [0.15, 0.2) is 5.65 Å². The first-order valence-electron chi connectivity index (χ1n) is 11.8. The van der Waals surface area contributed by atoms with Crippen LogP contribution < -0.4 is 5.32 Å². The Hall–Kier alpha value is -4.92. The normalized spacial score (nSPS) is 11.3. The summed E-state index contributed by atoms with van der Waals surface area (Å²) in [5.41, 5.74) is 7.59. The van der Waals surface area contributed by atoms with Gasteiger partial charge < -0.3 is 10.3 Å². The Balaban J connectivity index is 1.43. The zero-order valence-corrected chi connectivity index (χ0v) is 20.1. The molecule has 0 fully saturated rings. The molecule has 0 unspecified atom stereocenters. The molecular formula is C28H22FN7O. The highest BCUT2D eigenvalue weighted by molar-refractivity contribution is 6.00. The monoisotopic (exact) mass is 491 g/mol. The van der Waals surface area contributed by atoms with E-state index in [0.29, 0.717) is 23.4 Å². The summed E-state index contributed by atoms with van der Waals surface area (Å²) in [5, 5.41) is 12.0. The summed E-state index contributed by atoms with van der Waals surface area (Å²) >= 11 is 0. The molecule has 5 heterocycles. The number of nitrogens with zero attached hydrogens (tertiary/aromatic N) is 4. The van der Waals surface area contributed by atoms with Crippen molar-refractivity contribution in [1.29, 1.82) is 0 Å². The topological polar surface area (TPSA) is 112 Å². The van der Waals surface area contributed by atoms with E-state index < -0.39 is 0 Å². The Kier molecular flexibility index (Phi) is 5.45. The molecule has 0 saturated heterocycles. The van der Waals surface area contributed by atoms with Gasteiger partial charge in [-0.15, -0.1) is 0 Å². The van der Waals surface area contributed by atoms with Crippen molar-refractivity contribution in [3.63, 3.8) is 0 Å². The van der Waals surface area contributed by atoms with Gasteiger partial charge in [0.1, 0.15) is 11.5 Å². The summed E-state index contributed by atoms with van der Waals surface area (Å²) in [4.78, 5) is 28.4. The van der Waals surface area contributed by atoms with Crippen molar-refractivity contribution in [2.75, 3.05) is 5.32 Å². The maximum absolute atomic E-state index is 14.1. The predicted octanol–water partition coefficient (Wildman–Crippen LogP) is 6.03. The fourth-order valence-electron chi connectivity index (χ4n) is 4.48. The Labute approximate surface area is 211 Å². The van der Waals surface area contributed by atoms with Gasteiger partial charge in [0.05, 0.1) is 23.3 Å². The summed E-state index contributed by atoms with van der Waals surface area (Å²) < 4.78 is 14.1. The molecule has 8 nitrogen and oxygen atoms in total. The van der Waals surface area contributed by atoms with Crippen molar-refractivity contribution in [3.05, 3.63) is 78.6 Å². The average molecular weight is 492 g/mol. The SMILES string of the molecule is CCC(=O)Nc1cncc(-c2cnc3n[nH]c(-c4cc5c(-c6cc(C)cc(F)c6)ccnc5[nH]4)c3c2)c1. The summed E-state index contributed by atoms with van der Waals surface area (Å²) in [6.45, 7) is 3.67. The second-order valence-electron chi connectivity index (χ2n) is 8.88. The Morgan fingerprint density at radius 3 is 2.68 bits per heavy atom. The molecule has 0 atom stereocenters. The first-order chi connectivity index (χ1) is 18.0. The van der Waals surface area contributed by atoms with E-state index in [2.05, 4.69) is 35.5 Å². The molecule has 3 N–H and O–H groups in total. The average Bonchev–Trinajstić information content (AvgIpc) is 3.51. The second kappa shape index (κ2) is 8.94. The largest absolute Gasteiger partial charge is 0.338 e. The molecule has 6 aromatic rings. The van der Waals surface area contributed by atoms with Crippen molar-refractivity contribution in [3.8, 4) is 33.6 Å². The van der Waals surface area contributed by atoms with Crippen LogP contribution in [-0.4, -0.2) is 36.0 Å². The quantitative estimate of drug-likeness (QED) is 0.273. The molecule has 0 aliphatic rings. The van der Waals surface area contributed by atoms with Crippen LogP contribution >= 0.6 is 0 Å². The third-order valence-corrected chi connectivity index (χ3v) is 6.24. The minimum absolute atomic E-state index is 0.0789. The van der Waals surface area contributed by atoms with Gasteiger partial charge in [0, 0.05) is 46.9 Å². The first-order valence-corrected chi connectivity index (χ1v) is 11.8. The van der Waals surface area contributed by atoms with Gasteiger partial charge in [0.2, 0.25) is 5.91 Å². The molecule has 0 bridgehead atoms. The molecule has 0 spiro atoms. The summed E-state index contributed by atoms with van der Waals surface area (Å²) in [6.07, 6.45) is 7.16. The second-order valence-corrected chi connectivity index (χ2v) is 8.88. The van der Waals surface area contributed by atoms with Crippen LogP contribution in [-0.2, 0) is 4.79 Å². The number of aromatic amines is 2. The van der Waals surface area contributed by atoms with E-state index in [1.54, 1.807) is 31.7 Å². The number of halogens is 1. The summed E-state index contributed by atoms with van der Waals surface area (Å²) in [7, 11) is 0. The maximum Gasteiger partial charge on any atom is 0.224 e. The smallest absolute Gasteiger partial charge is 0.224 e. The fourth-order valence-corrected chi connectivity index (χ4v) is 4.48. The summed E-state index contributed by atoms with van der Waals surface area (Å²) in [6, 6.07) is 12.7. The zero-order valence-electron chi connectivity index (χ0n) is 20.1. The number of amides is 1. The van der Waals surface area contributed by atoms with Gasteiger partial charge in [-0.1, -0.05) is 13.0 Å². The van der Waals surface area contributed by atoms with Crippen molar-refractivity contribution in [1.82, 2.24) is 30.1 Å². The highest BCUT2D eigenvalue weighted by Crippen LogP contribution is 2.34. The number of carbonyl (C=O) groups is 1. The minimum atomic E-state index is -0.276. The lowest BCUT2D eigenvalue weighted by molar-refractivity contribution is -0.115. The Morgan fingerprint density at radius 1 is 0.973 bits per heavy atom. The van der Waals surface area contributed by atoms with Gasteiger partial charge >= 0.3 is 0 Å². The number of nitrogens with one attached hydrogen (secondary N) is 3. The molecular weight excluding hydrogens is 469 g/mol. The van der Waals surface area contributed by atoms with Gasteiger partial charge in [-0.25, -0.2) is 14.4 Å². The van der Waals surface area contributed by atoms with E-state index in [9.17, 15) is 9.18 Å². The van der Waals surface area contributed by atoms with Crippen LogP contribution in [0.5, 0.6) is 0 Å². The molecule has 1 aromatic carbocycles. The molecule has 0 radical (unpaired) electrons. The molecule has 182 valence electrons. The first kappa shape index (κ1) is 22.5. The lowest BCUT2D eigenvalue weighted by atomic mass is 10.0. The number of aromatic nitrogens is 6. The Bertz CT molecular complexity index is 1780. The van der Waals surface area contributed by atoms with Crippen LogP contribution in [0.1, 0.15) is 18.9 Å². The molecule has 0 aliphatic carbocycles. The third kappa shape index (κ3) is 4.20. The Morgan fingerprint density at radius 2 is 1.84 bits per heavy atom. The van der Waals surface area contributed by atoms with Crippen LogP contribution in [0.3, 0.4) is 0 Å². The van der Waals surface area contributed by atoms with Gasteiger partial charge in [-0.2, -0.15) is 5.10 Å². The number of pyridine rings is 3. The van der Waals surface area contributed by atoms with E-state index in [1.807, 2.05) is 37.3 Å². The number of anilines is 1. The van der Waals surface area contributed by atoms with E-state index >= 15 is 0 Å². The molecule has 1 amide bonds. The van der Waals surface area contributed by atoms with Crippen molar-refractivity contribution in [2.45, 2.75) is 20.3 Å². The number of rotatable bonds is 5. The number of hydrogen-bond acceptors (Lipinski definition) is 5. The molecule has 37 heavy (non-hydrogen) atoms. The van der Waals surface area contributed by atoms with Gasteiger partial charge in [0.25, 0.3) is 0 Å². The molecule has 6 rings (SSSR count). The van der Waals surface area contributed by atoms with E-state index in [1.165, 1.54) is 12.1 Å². The number of H-pyrrole nitrogens is 2. The number of aryl methyl sites for hydroxylation is 1. The molecule has 0 saturated carbocycles. The highest BCUT2D eigenvalue weighted by Gasteiger charge is 2.16. The standard InChI is InChI=1S/C28H22FN7O/c1-3-25(37)33-20-9-17(12-30-14-20)18-10-23-26(35-36-28(23)32-13-18)24-11-22-21(4-5-31-27(22)34-24)16-6-15(2)7-19(29)8-16/h4-14H,3H2,1-2H3,(H,31,34)(H,33,37)(H,32,35,36). The fraction of sp³-hybridized carbons (Fsp3) is 0.107. The molecule has 9 heteroatoms. The molecule has 5 aromatic heterocycles. The highest BCUT2D eigenvalue weighted by atomic mass is 19.1. The van der Waals surface area contributed by atoms with Crippen molar-refractivity contribution < 1.29 is 9.18 Å². The van der Waals surface area contributed by atoms with Gasteiger partial charge in [-0.05, 0) is 60.0 Å². The maximum atomic E-state index is 14.1. The van der Waals surface area contributed by atoms with E-state index in [-0.39, 0.29) is 11.7 Å². The van der Waals surface area contributed by atoms with E-state index in [4.69, 9.17) is 0 Å². The van der Waals surface area contributed by atoms with Crippen LogP contribution in [0.2, 0.25) is 0 Å². The van der Waals surface area contributed by atoms with Gasteiger partial charge in [-0.3, -0.25) is 14.9 Å². The number of hydrogen-bond donors (Lipinski definition) is 3. The predicted molar refractivity (Wildman–Crippen MR) is 141 cm³/mol.